The van der Waals surface area contributed by atoms with Gasteiger partial charge in [-0.1, -0.05) is 25.7 Å². The van der Waals surface area contributed by atoms with Gasteiger partial charge in [-0.2, -0.15) is 15.0 Å². The Morgan fingerprint density at radius 3 is 2.30 bits per heavy atom. The van der Waals surface area contributed by atoms with Gasteiger partial charge < -0.3 is 10.2 Å². The van der Waals surface area contributed by atoms with Crippen molar-refractivity contribution in [1.29, 1.82) is 0 Å². The van der Waals surface area contributed by atoms with Crippen LogP contribution in [0.3, 0.4) is 0 Å². The van der Waals surface area contributed by atoms with E-state index in [9.17, 15) is 0 Å². The van der Waals surface area contributed by atoms with E-state index in [0.29, 0.717) is 12.0 Å². The van der Waals surface area contributed by atoms with E-state index in [1.807, 2.05) is 0 Å². The lowest BCUT2D eigenvalue weighted by atomic mass is 10.1. The molecular weight excluding hydrogens is 274 g/mol. The third-order valence-corrected chi connectivity index (χ3v) is 4.34. The van der Waals surface area contributed by atoms with E-state index in [1.165, 1.54) is 51.4 Å². The van der Waals surface area contributed by atoms with E-state index in [-0.39, 0.29) is 5.28 Å². The maximum atomic E-state index is 6.05. The van der Waals surface area contributed by atoms with Crippen molar-refractivity contribution in [3.8, 4) is 0 Å². The summed E-state index contributed by atoms with van der Waals surface area (Å²) in [5.74, 6) is 1.36. The van der Waals surface area contributed by atoms with Crippen molar-refractivity contribution < 1.29 is 0 Å². The minimum absolute atomic E-state index is 0.290. The van der Waals surface area contributed by atoms with Crippen molar-refractivity contribution in [1.82, 2.24) is 15.0 Å². The molecule has 0 unspecified atom stereocenters. The molecule has 1 aromatic rings. The van der Waals surface area contributed by atoms with E-state index >= 15 is 0 Å². The Hall–Kier alpha value is -1.10. The molecule has 2 fully saturated rings. The topological polar surface area (TPSA) is 53.9 Å². The van der Waals surface area contributed by atoms with Gasteiger partial charge in [0.2, 0.25) is 17.2 Å². The number of nitrogens with one attached hydrogen (secondary N) is 1. The fourth-order valence-corrected chi connectivity index (χ4v) is 3.22. The molecule has 2 heterocycles. The van der Waals surface area contributed by atoms with Crippen LogP contribution in [-0.4, -0.2) is 34.1 Å². The van der Waals surface area contributed by atoms with E-state index in [1.54, 1.807) is 0 Å². The van der Waals surface area contributed by atoms with E-state index < -0.39 is 0 Å². The number of anilines is 2. The van der Waals surface area contributed by atoms with Gasteiger partial charge in [0.1, 0.15) is 0 Å². The lowest BCUT2D eigenvalue weighted by molar-refractivity contribution is 0.614. The van der Waals surface area contributed by atoms with Crippen molar-refractivity contribution in [2.45, 2.75) is 57.4 Å². The molecule has 0 aromatic carbocycles. The summed E-state index contributed by atoms with van der Waals surface area (Å²) in [6.45, 7) is 2.03. The highest BCUT2D eigenvalue weighted by Gasteiger charge is 2.18. The maximum absolute atomic E-state index is 6.05. The minimum Gasteiger partial charge on any atom is -0.351 e. The van der Waals surface area contributed by atoms with Gasteiger partial charge in [0.05, 0.1) is 0 Å². The smallest absolute Gasteiger partial charge is 0.231 e. The van der Waals surface area contributed by atoms with Gasteiger partial charge in [-0.25, -0.2) is 0 Å². The number of rotatable bonds is 3. The molecule has 0 atom stereocenters. The van der Waals surface area contributed by atoms with Crippen LogP contribution in [0.2, 0.25) is 5.28 Å². The first kappa shape index (κ1) is 13.9. The van der Waals surface area contributed by atoms with Crippen molar-refractivity contribution in [2.75, 3.05) is 23.3 Å². The summed E-state index contributed by atoms with van der Waals surface area (Å²) in [7, 11) is 0. The fourth-order valence-electron chi connectivity index (χ4n) is 3.07. The number of halogens is 1. The lowest BCUT2D eigenvalue weighted by Crippen LogP contribution is -2.24. The molecule has 3 rings (SSSR count). The molecule has 5 nitrogen and oxygen atoms in total. The second-order valence-corrected chi connectivity index (χ2v) is 6.09. The third-order valence-electron chi connectivity index (χ3n) is 4.17. The van der Waals surface area contributed by atoms with Crippen LogP contribution < -0.4 is 10.2 Å². The second-order valence-electron chi connectivity index (χ2n) is 5.76. The van der Waals surface area contributed by atoms with Crippen molar-refractivity contribution >= 4 is 23.5 Å². The van der Waals surface area contributed by atoms with E-state index in [0.717, 1.165) is 19.0 Å². The molecule has 0 bridgehead atoms. The van der Waals surface area contributed by atoms with Crippen molar-refractivity contribution in [2.24, 2.45) is 0 Å². The van der Waals surface area contributed by atoms with Crippen LogP contribution in [0.25, 0.3) is 0 Å². The van der Waals surface area contributed by atoms with Gasteiger partial charge in [0.25, 0.3) is 0 Å². The monoisotopic (exact) mass is 295 g/mol. The van der Waals surface area contributed by atoms with Gasteiger partial charge in [-0.15, -0.1) is 0 Å². The van der Waals surface area contributed by atoms with E-state index in [2.05, 4.69) is 25.2 Å². The first-order valence-electron chi connectivity index (χ1n) is 7.74. The summed E-state index contributed by atoms with van der Waals surface area (Å²) >= 11 is 6.05. The van der Waals surface area contributed by atoms with Crippen LogP contribution >= 0.6 is 11.6 Å². The molecule has 1 aliphatic heterocycles. The summed E-state index contributed by atoms with van der Waals surface area (Å²) in [4.78, 5) is 15.2. The van der Waals surface area contributed by atoms with E-state index in [4.69, 9.17) is 11.6 Å². The Balaban J connectivity index is 1.71. The molecule has 1 aromatic heterocycles. The van der Waals surface area contributed by atoms with Crippen LogP contribution in [0, 0.1) is 0 Å². The third kappa shape index (κ3) is 3.51. The Labute approximate surface area is 125 Å². The SMILES string of the molecule is Clc1nc(NC2CCCCCC2)nc(N2CCCC2)n1. The second kappa shape index (κ2) is 6.57. The average molecular weight is 296 g/mol. The standard InChI is InChI=1S/C14H22ClN5/c15-12-17-13(16-11-7-3-1-2-4-8-11)19-14(18-12)20-9-5-6-10-20/h11H,1-10H2,(H,16,17,18,19). The average Bonchev–Trinajstić information content (AvgIpc) is 2.85. The predicted octanol–water partition coefficient (Wildman–Crippen LogP) is 3.26. The van der Waals surface area contributed by atoms with Gasteiger partial charge in [0, 0.05) is 19.1 Å². The van der Waals surface area contributed by atoms with Gasteiger partial charge in [0.15, 0.2) is 0 Å². The Kier molecular flexibility index (Phi) is 4.55. The van der Waals surface area contributed by atoms with Gasteiger partial charge in [-0.3, -0.25) is 0 Å². The summed E-state index contributed by atoms with van der Waals surface area (Å²) in [5, 5.41) is 3.74. The molecular formula is C14H22ClN5. The molecule has 6 heteroatoms. The Bertz CT molecular complexity index is 439. The van der Waals surface area contributed by atoms with Gasteiger partial charge in [-0.05, 0) is 37.3 Å². The minimum atomic E-state index is 0.290. The summed E-state index contributed by atoms with van der Waals surface area (Å²) in [5.41, 5.74) is 0. The number of aromatic nitrogens is 3. The molecule has 110 valence electrons. The zero-order valence-corrected chi connectivity index (χ0v) is 12.6. The van der Waals surface area contributed by atoms with Crippen LogP contribution in [0.5, 0.6) is 0 Å². The zero-order valence-electron chi connectivity index (χ0n) is 11.8. The molecule has 1 N–H and O–H groups in total. The quantitative estimate of drug-likeness (QED) is 0.868. The normalized spacial score (nSPS) is 20.9. The van der Waals surface area contributed by atoms with Crippen LogP contribution in [0.4, 0.5) is 11.9 Å². The molecule has 2 aliphatic rings. The number of hydrogen-bond donors (Lipinski definition) is 1. The summed E-state index contributed by atoms with van der Waals surface area (Å²) < 4.78 is 0. The van der Waals surface area contributed by atoms with Gasteiger partial charge >= 0.3 is 0 Å². The molecule has 0 radical (unpaired) electrons. The first-order valence-corrected chi connectivity index (χ1v) is 8.12. The summed E-state index contributed by atoms with van der Waals surface area (Å²) in [6, 6.07) is 0.474. The zero-order chi connectivity index (χ0) is 13.8. The lowest BCUT2D eigenvalue weighted by Gasteiger charge is -2.19. The molecule has 0 amide bonds. The Morgan fingerprint density at radius 2 is 1.60 bits per heavy atom. The molecule has 1 aliphatic carbocycles. The van der Waals surface area contributed by atoms with Crippen LogP contribution in [0.1, 0.15) is 51.4 Å². The molecule has 0 spiro atoms. The first-order chi connectivity index (χ1) is 9.81. The fraction of sp³-hybridized carbons (Fsp3) is 0.786. The highest BCUT2D eigenvalue weighted by molar-refractivity contribution is 6.28. The molecule has 20 heavy (non-hydrogen) atoms. The van der Waals surface area contributed by atoms with Crippen molar-refractivity contribution in [3.63, 3.8) is 0 Å². The highest BCUT2D eigenvalue weighted by Crippen LogP contribution is 2.22. The van der Waals surface area contributed by atoms with Crippen LogP contribution in [-0.2, 0) is 0 Å². The Morgan fingerprint density at radius 1 is 0.900 bits per heavy atom. The molecule has 1 saturated carbocycles. The predicted molar refractivity (Wildman–Crippen MR) is 81.4 cm³/mol. The largest absolute Gasteiger partial charge is 0.351 e. The van der Waals surface area contributed by atoms with Crippen molar-refractivity contribution in [3.05, 3.63) is 5.28 Å². The summed E-state index contributed by atoms with van der Waals surface area (Å²) in [6.07, 6.45) is 10.1. The highest BCUT2D eigenvalue weighted by atomic mass is 35.5. The van der Waals surface area contributed by atoms with Crippen LogP contribution in [0.15, 0.2) is 0 Å². The maximum Gasteiger partial charge on any atom is 0.231 e. The molecule has 1 saturated heterocycles. The number of hydrogen-bond acceptors (Lipinski definition) is 5. The number of nitrogens with zero attached hydrogens (tertiary/aromatic N) is 4.